The molecular formula is C17H24N2O4. The molecule has 0 unspecified atom stereocenters. The van der Waals surface area contributed by atoms with Gasteiger partial charge in [0.05, 0.1) is 6.61 Å². The number of nitrogens with one attached hydrogen (secondary N) is 2. The van der Waals surface area contributed by atoms with E-state index in [2.05, 4.69) is 10.6 Å². The number of carbonyl (C=O) groups is 2. The van der Waals surface area contributed by atoms with E-state index in [1.165, 1.54) is 0 Å². The van der Waals surface area contributed by atoms with Gasteiger partial charge in [0.2, 0.25) is 11.8 Å². The van der Waals surface area contributed by atoms with Gasteiger partial charge in [-0.15, -0.1) is 0 Å². The van der Waals surface area contributed by atoms with E-state index in [0.717, 1.165) is 29.8 Å². The van der Waals surface area contributed by atoms with E-state index in [1.807, 2.05) is 18.2 Å². The summed E-state index contributed by atoms with van der Waals surface area (Å²) in [5.41, 5.74) is 1.96. The predicted molar refractivity (Wildman–Crippen MR) is 87.6 cm³/mol. The molecule has 0 fully saturated rings. The molecule has 2 N–H and O–H groups in total. The molecule has 23 heavy (non-hydrogen) atoms. The summed E-state index contributed by atoms with van der Waals surface area (Å²) in [5, 5.41) is 5.69. The fraction of sp³-hybridized carbons (Fsp3) is 0.529. The third kappa shape index (κ3) is 5.90. The highest BCUT2D eigenvalue weighted by Crippen LogP contribution is 2.26. The summed E-state index contributed by atoms with van der Waals surface area (Å²) < 4.78 is 10.6. The third-order valence-corrected chi connectivity index (χ3v) is 3.64. The van der Waals surface area contributed by atoms with E-state index in [0.29, 0.717) is 39.0 Å². The van der Waals surface area contributed by atoms with E-state index >= 15 is 0 Å². The van der Waals surface area contributed by atoms with Crippen molar-refractivity contribution in [2.45, 2.75) is 32.1 Å². The zero-order valence-corrected chi connectivity index (χ0v) is 13.5. The number of ether oxygens (including phenoxy) is 2. The first-order chi connectivity index (χ1) is 11.2. The molecule has 1 heterocycles. The fourth-order valence-electron chi connectivity index (χ4n) is 2.41. The summed E-state index contributed by atoms with van der Waals surface area (Å²) in [5.74, 6) is 0.876. The molecule has 0 radical (unpaired) electrons. The van der Waals surface area contributed by atoms with Gasteiger partial charge in [-0.05, 0) is 43.0 Å². The van der Waals surface area contributed by atoms with Crippen molar-refractivity contribution < 1.29 is 19.1 Å². The Balaban J connectivity index is 1.65. The lowest BCUT2D eigenvalue weighted by atomic mass is 10.0. The number of benzene rings is 1. The second-order valence-corrected chi connectivity index (χ2v) is 5.52. The molecule has 1 aliphatic heterocycles. The Morgan fingerprint density at radius 1 is 1.26 bits per heavy atom. The van der Waals surface area contributed by atoms with Crippen molar-refractivity contribution >= 4 is 17.5 Å². The number of aryl methyl sites for hydroxylation is 1. The summed E-state index contributed by atoms with van der Waals surface area (Å²) in [7, 11) is 1.65. The Kier molecular flexibility index (Phi) is 6.87. The van der Waals surface area contributed by atoms with Crippen LogP contribution in [-0.2, 0) is 20.7 Å². The summed E-state index contributed by atoms with van der Waals surface area (Å²) >= 11 is 0. The molecule has 0 saturated heterocycles. The molecule has 126 valence electrons. The van der Waals surface area contributed by atoms with Crippen molar-refractivity contribution in [3.8, 4) is 5.75 Å². The number of anilines is 1. The Morgan fingerprint density at radius 2 is 2.13 bits per heavy atom. The SMILES string of the molecule is COCCCNC(=O)CCCOc1ccc2c(c1)CCC(=O)N2. The maximum absolute atomic E-state index is 11.6. The molecule has 0 aliphatic carbocycles. The highest BCUT2D eigenvalue weighted by atomic mass is 16.5. The van der Waals surface area contributed by atoms with Gasteiger partial charge in [-0.2, -0.15) is 0 Å². The van der Waals surface area contributed by atoms with Gasteiger partial charge in [0.25, 0.3) is 0 Å². The van der Waals surface area contributed by atoms with Gasteiger partial charge in [0.15, 0.2) is 0 Å². The van der Waals surface area contributed by atoms with E-state index < -0.39 is 0 Å². The predicted octanol–water partition coefficient (Wildman–Crippen LogP) is 1.88. The van der Waals surface area contributed by atoms with Crippen LogP contribution in [-0.4, -0.2) is 38.7 Å². The second kappa shape index (κ2) is 9.15. The number of rotatable bonds is 9. The number of amides is 2. The highest BCUT2D eigenvalue weighted by Gasteiger charge is 2.14. The van der Waals surface area contributed by atoms with Crippen molar-refractivity contribution in [1.29, 1.82) is 0 Å². The smallest absolute Gasteiger partial charge is 0.224 e. The molecule has 0 aromatic heterocycles. The zero-order chi connectivity index (χ0) is 16.5. The molecule has 1 aromatic rings. The molecule has 1 aromatic carbocycles. The van der Waals surface area contributed by atoms with E-state index in [4.69, 9.17) is 9.47 Å². The van der Waals surface area contributed by atoms with Gasteiger partial charge in [-0.3, -0.25) is 9.59 Å². The lowest BCUT2D eigenvalue weighted by molar-refractivity contribution is -0.121. The minimum absolute atomic E-state index is 0.0397. The van der Waals surface area contributed by atoms with Crippen LogP contribution in [0.5, 0.6) is 5.75 Å². The van der Waals surface area contributed by atoms with E-state index in [9.17, 15) is 9.59 Å². The Bertz CT molecular complexity index is 545. The van der Waals surface area contributed by atoms with Crippen LogP contribution in [0.2, 0.25) is 0 Å². The summed E-state index contributed by atoms with van der Waals surface area (Å²) in [6.07, 6.45) is 3.20. The molecule has 2 amide bonds. The van der Waals surface area contributed by atoms with Crippen LogP contribution in [0.15, 0.2) is 18.2 Å². The maximum atomic E-state index is 11.6. The van der Waals surface area contributed by atoms with Crippen LogP contribution >= 0.6 is 0 Å². The maximum Gasteiger partial charge on any atom is 0.224 e. The Hall–Kier alpha value is -2.08. The number of hydrogen-bond acceptors (Lipinski definition) is 4. The Labute approximate surface area is 136 Å². The zero-order valence-electron chi connectivity index (χ0n) is 13.5. The van der Waals surface area contributed by atoms with Crippen molar-refractivity contribution in [2.24, 2.45) is 0 Å². The quantitative estimate of drug-likeness (QED) is 0.681. The first kappa shape index (κ1) is 17.3. The summed E-state index contributed by atoms with van der Waals surface area (Å²) in [6, 6.07) is 5.67. The molecule has 6 heteroatoms. The van der Waals surface area contributed by atoms with Crippen molar-refractivity contribution in [3.05, 3.63) is 23.8 Å². The number of carbonyl (C=O) groups excluding carboxylic acids is 2. The molecule has 0 bridgehead atoms. The average molecular weight is 320 g/mol. The number of methoxy groups -OCH3 is 1. The molecule has 0 atom stereocenters. The Morgan fingerprint density at radius 3 is 2.96 bits per heavy atom. The minimum Gasteiger partial charge on any atom is -0.494 e. The van der Waals surface area contributed by atoms with E-state index in [-0.39, 0.29) is 11.8 Å². The standard InChI is InChI=1S/C17H24N2O4/c1-22-10-3-9-18-16(20)4-2-11-23-14-6-7-15-13(12-14)5-8-17(21)19-15/h6-7,12H,2-5,8-11H2,1H3,(H,18,20)(H,19,21). The fourth-order valence-corrected chi connectivity index (χ4v) is 2.41. The van der Waals surface area contributed by atoms with Gasteiger partial charge in [-0.1, -0.05) is 0 Å². The normalized spacial score (nSPS) is 13.2. The molecule has 1 aliphatic rings. The topological polar surface area (TPSA) is 76.7 Å². The van der Waals surface area contributed by atoms with Crippen LogP contribution in [0, 0.1) is 0 Å². The number of fused-ring (bicyclic) bond motifs is 1. The monoisotopic (exact) mass is 320 g/mol. The van der Waals surface area contributed by atoms with Crippen LogP contribution < -0.4 is 15.4 Å². The van der Waals surface area contributed by atoms with Crippen LogP contribution in [0.25, 0.3) is 0 Å². The van der Waals surface area contributed by atoms with Crippen molar-refractivity contribution in [3.63, 3.8) is 0 Å². The molecule has 0 spiro atoms. The molecule has 6 nitrogen and oxygen atoms in total. The van der Waals surface area contributed by atoms with Crippen molar-refractivity contribution in [1.82, 2.24) is 5.32 Å². The van der Waals surface area contributed by atoms with E-state index in [1.54, 1.807) is 7.11 Å². The van der Waals surface area contributed by atoms with Crippen molar-refractivity contribution in [2.75, 3.05) is 32.2 Å². The third-order valence-electron chi connectivity index (χ3n) is 3.64. The van der Waals surface area contributed by atoms with Gasteiger partial charge >= 0.3 is 0 Å². The first-order valence-electron chi connectivity index (χ1n) is 8.00. The molecular weight excluding hydrogens is 296 g/mol. The summed E-state index contributed by atoms with van der Waals surface area (Å²) in [6.45, 7) is 1.79. The lowest BCUT2D eigenvalue weighted by Crippen LogP contribution is -2.25. The lowest BCUT2D eigenvalue weighted by Gasteiger charge is -2.17. The van der Waals surface area contributed by atoms with Gasteiger partial charge in [0.1, 0.15) is 5.75 Å². The number of hydrogen-bond donors (Lipinski definition) is 2. The first-order valence-corrected chi connectivity index (χ1v) is 8.00. The van der Waals surface area contributed by atoms with Gasteiger partial charge in [0, 0.05) is 38.8 Å². The van der Waals surface area contributed by atoms with Crippen LogP contribution in [0.1, 0.15) is 31.2 Å². The second-order valence-electron chi connectivity index (χ2n) is 5.52. The molecule has 2 rings (SSSR count). The van der Waals surface area contributed by atoms with Crippen LogP contribution in [0.3, 0.4) is 0 Å². The summed E-state index contributed by atoms with van der Waals surface area (Å²) in [4.78, 5) is 22.9. The van der Waals surface area contributed by atoms with Crippen LogP contribution in [0.4, 0.5) is 5.69 Å². The van der Waals surface area contributed by atoms with Gasteiger partial charge in [-0.25, -0.2) is 0 Å². The minimum atomic E-state index is 0.0397. The highest BCUT2D eigenvalue weighted by molar-refractivity contribution is 5.93. The average Bonchev–Trinajstić information content (AvgIpc) is 2.55. The van der Waals surface area contributed by atoms with Gasteiger partial charge < -0.3 is 20.1 Å². The molecule has 0 saturated carbocycles. The largest absolute Gasteiger partial charge is 0.494 e.